The monoisotopic (exact) mass is 214 g/mol. The average Bonchev–Trinajstić information content (AvgIpc) is 2.68. The molecule has 0 saturated carbocycles. The van der Waals surface area contributed by atoms with Gasteiger partial charge >= 0.3 is 0 Å². The number of aromatic nitrogens is 2. The fourth-order valence-electron chi connectivity index (χ4n) is 1.70. The van der Waals surface area contributed by atoms with Crippen molar-refractivity contribution in [3.63, 3.8) is 0 Å². The summed E-state index contributed by atoms with van der Waals surface area (Å²) in [5.41, 5.74) is 2.88. The van der Waals surface area contributed by atoms with Gasteiger partial charge in [0.05, 0.1) is 0 Å². The molecular weight excluding hydrogens is 200 g/mol. The molecule has 0 aliphatic carbocycles. The molecule has 0 bridgehead atoms. The van der Waals surface area contributed by atoms with E-state index in [1.165, 1.54) is 0 Å². The highest BCUT2D eigenvalue weighted by atomic mass is 16.1. The van der Waals surface area contributed by atoms with Crippen LogP contribution in [0, 0.1) is 13.8 Å². The van der Waals surface area contributed by atoms with Crippen LogP contribution in [-0.4, -0.2) is 15.3 Å². The number of benzene rings is 1. The van der Waals surface area contributed by atoms with E-state index in [1.54, 1.807) is 17.0 Å². The van der Waals surface area contributed by atoms with Gasteiger partial charge in [0.2, 0.25) is 5.78 Å². The number of hydrogen-bond donors (Lipinski definition) is 0. The minimum atomic E-state index is -0.0197. The molecule has 82 valence electrons. The van der Waals surface area contributed by atoms with E-state index >= 15 is 0 Å². The Hall–Kier alpha value is -1.90. The first-order valence-corrected chi connectivity index (χ1v) is 5.19. The summed E-state index contributed by atoms with van der Waals surface area (Å²) in [5.74, 6) is 0.461. The number of hydrogen-bond acceptors (Lipinski definition) is 2. The van der Waals surface area contributed by atoms with Gasteiger partial charge in [0.25, 0.3) is 0 Å². The predicted octanol–water partition coefficient (Wildman–Crippen LogP) is 2.27. The standard InChI is InChI=1S/C13H14N2O/c1-9-5-4-6-11(10(9)2)12(16)13-14-7-8-15(13)3/h4-8H,1-3H3. The second-order valence-electron chi connectivity index (χ2n) is 3.94. The molecule has 0 spiro atoms. The van der Waals surface area contributed by atoms with Gasteiger partial charge in [-0.1, -0.05) is 18.2 Å². The van der Waals surface area contributed by atoms with Gasteiger partial charge in [-0.25, -0.2) is 4.98 Å². The van der Waals surface area contributed by atoms with Crippen LogP contribution in [0.15, 0.2) is 30.6 Å². The number of rotatable bonds is 2. The van der Waals surface area contributed by atoms with Crippen LogP contribution in [0.25, 0.3) is 0 Å². The smallest absolute Gasteiger partial charge is 0.228 e. The molecule has 0 saturated heterocycles. The highest BCUT2D eigenvalue weighted by molar-refractivity contribution is 6.07. The van der Waals surface area contributed by atoms with Crippen LogP contribution < -0.4 is 0 Å². The first kappa shape index (κ1) is 10.6. The van der Waals surface area contributed by atoms with E-state index in [9.17, 15) is 4.79 Å². The van der Waals surface area contributed by atoms with Crippen LogP contribution in [0.5, 0.6) is 0 Å². The fourth-order valence-corrected chi connectivity index (χ4v) is 1.70. The Kier molecular flexibility index (Phi) is 2.60. The van der Waals surface area contributed by atoms with Crippen molar-refractivity contribution in [3.05, 3.63) is 53.1 Å². The Balaban J connectivity index is 2.50. The summed E-state index contributed by atoms with van der Waals surface area (Å²) in [6.07, 6.45) is 3.41. The lowest BCUT2D eigenvalue weighted by atomic mass is 10.00. The molecule has 0 aliphatic rings. The number of carbonyl (C=O) groups is 1. The molecule has 0 radical (unpaired) electrons. The number of aryl methyl sites for hydroxylation is 2. The summed E-state index contributed by atoms with van der Waals surface area (Å²) in [7, 11) is 1.82. The Morgan fingerprint density at radius 1 is 1.31 bits per heavy atom. The molecule has 0 atom stereocenters. The SMILES string of the molecule is Cc1cccc(C(=O)c2nccn2C)c1C. The van der Waals surface area contributed by atoms with Crippen LogP contribution in [0.2, 0.25) is 0 Å². The lowest BCUT2D eigenvalue weighted by molar-refractivity contribution is 0.102. The minimum Gasteiger partial charge on any atom is -0.331 e. The molecule has 1 heterocycles. The first-order chi connectivity index (χ1) is 7.61. The molecule has 1 aromatic carbocycles. The summed E-state index contributed by atoms with van der Waals surface area (Å²) < 4.78 is 1.74. The Bertz CT molecular complexity index is 541. The van der Waals surface area contributed by atoms with Crippen LogP contribution in [0.1, 0.15) is 27.3 Å². The molecule has 3 heteroatoms. The molecule has 0 unspecified atom stereocenters. The zero-order chi connectivity index (χ0) is 11.7. The summed E-state index contributed by atoms with van der Waals surface area (Å²) in [6.45, 7) is 3.97. The van der Waals surface area contributed by atoms with Crippen molar-refractivity contribution < 1.29 is 4.79 Å². The van der Waals surface area contributed by atoms with Crippen molar-refractivity contribution in [1.29, 1.82) is 0 Å². The predicted molar refractivity (Wildman–Crippen MR) is 62.6 cm³/mol. The molecule has 0 amide bonds. The highest BCUT2D eigenvalue weighted by Gasteiger charge is 2.16. The van der Waals surface area contributed by atoms with Gasteiger partial charge in [0.1, 0.15) is 0 Å². The van der Waals surface area contributed by atoms with Gasteiger partial charge in [0, 0.05) is 25.0 Å². The van der Waals surface area contributed by atoms with Crippen LogP contribution >= 0.6 is 0 Å². The van der Waals surface area contributed by atoms with Crippen molar-refractivity contribution in [2.24, 2.45) is 7.05 Å². The molecule has 16 heavy (non-hydrogen) atoms. The van der Waals surface area contributed by atoms with Crippen molar-refractivity contribution in [2.45, 2.75) is 13.8 Å². The minimum absolute atomic E-state index is 0.0197. The van der Waals surface area contributed by atoms with Crippen LogP contribution in [0.4, 0.5) is 0 Å². The molecule has 1 aromatic heterocycles. The zero-order valence-corrected chi connectivity index (χ0v) is 9.69. The van der Waals surface area contributed by atoms with E-state index in [0.29, 0.717) is 5.82 Å². The summed E-state index contributed by atoms with van der Waals surface area (Å²) in [6, 6.07) is 5.75. The largest absolute Gasteiger partial charge is 0.331 e. The number of carbonyl (C=O) groups excluding carboxylic acids is 1. The van der Waals surface area contributed by atoms with E-state index in [2.05, 4.69) is 4.98 Å². The van der Waals surface area contributed by atoms with Crippen molar-refractivity contribution in [1.82, 2.24) is 9.55 Å². The van der Waals surface area contributed by atoms with Crippen LogP contribution in [-0.2, 0) is 7.05 Å². The second-order valence-corrected chi connectivity index (χ2v) is 3.94. The highest BCUT2D eigenvalue weighted by Crippen LogP contribution is 2.15. The van der Waals surface area contributed by atoms with Gasteiger partial charge in [-0.05, 0) is 25.0 Å². The summed E-state index contributed by atoms with van der Waals surface area (Å²) >= 11 is 0. The maximum absolute atomic E-state index is 12.2. The molecular formula is C13H14N2O. The van der Waals surface area contributed by atoms with E-state index < -0.39 is 0 Å². The molecule has 2 aromatic rings. The Morgan fingerprint density at radius 3 is 2.69 bits per heavy atom. The third-order valence-electron chi connectivity index (χ3n) is 2.87. The van der Waals surface area contributed by atoms with Gasteiger partial charge < -0.3 is 4.57 Å². The normalized spacial score (nSPS) is 10.4. The fraction of sp³-hybridized carbons (Fsp3) is 0.231. The lowest BCUT2D eigenvalue weighted by Crippen LogP contribution is -2.10. The lowest BCUT2D eigenvalue weighted by Gasteiger charge is -2.07. The topological polar surface area (TPSA) is 34.9 Å². The zero-order valence-electron chi connectivity index (χ0n) is 9.69. The first-order valence-electron chi connectivity index (χ1n) is 5.19. The number of ketones is 1. The van der Waals surface area contributed by atoms with Crippen molar-refractivity contribution in [3.8, 4) is 0 Å². The van der Waals surface area contributed by atoms with E-state index in [1.807, 2.05) is 39.1 Å². The average molecular weight is 214 g/mol. The van der Waals surface area contributed by atoms with Crippen molar-refractivity contribution in [2.75, 3.05) is 0 Å². The molecule has 0 aliphatic heterocycles. The molecule has 2 rings (SSSR count). The van der Waals surface area contributed by atoms with Gasteiger partial charge in [0.15, 0.2) is 5.82 Å². The third kappa shape index (κ3) is 1.65. The van der Waals surface area contributed by atoms with Crippen LogP contribution in [0.3, 0.4) is 0 Å². The van der Waals surface area contributed by atoms with Gasteiger partial charge in [-0.15, -0.1) is 0 Å². The second kappa shape index (κ2) is 3.93. The molecule has 3 nitrogen and oxygen atoms in total. The third-order valence-corrected chi connectivity index (χ3v) is 2.87. The maximum Gasteiger partial charge on any atom is 0.228 e. The van der Waals surface area contributed by atoms with E-state index in [0.717, 1.165) is 16.7 Å². The summed E-state index contributed by atoms with van der Waals surface area (Å²) in [5, 5.41) is 0. The summed E-state index contributed by atoms with van der Waals surface area (Å²) in [4.78, 5) is 16.3. The number of nitrogens with zero attached hydrogens (tertiary/aromatic N) is 2. The quantitative estimate of drug-likeness (QED) is 0.719. The van der Waals surface area contributed by atoms with E-state index in [4.69, 9.17) is 0 Å². The van der Waals surface area contributed by atoms with E-state index in [-0.39, 0.29) is 5.78 Å². The molecule has 0 N–H and O–H groups in total. The Labute approximate surface area is 94.7 Å². The maximum atomic E-state index is 12.2. The molecule has 0 fully saturated rings. The van der Waals surface area contributed by atoms with Gasteiger partial charge in [-0.2, -0.15) is 0 Å². The van der Waals surface area contributed by atoms with Gasteiger partial charge in [-0.3, -0.25) is 4.79 Å². The Morgan fingerprint density at radius 2 is 2.06 bits per heavy atom. The van der Waals surface area contributed by atoms with Crippen molar-refractivity contribution >= 4 is 5.78 Å². The number of imidazole rings is 1.